The number of benzene rings is 2. The summed E-state index contributed by atoms with van der Waals surface area (Å²) in [5.74, 6) is -0.140. The fourth-order valence-corrected chi connectivity index (χ4v) is 3.12. The van der Waals surface area contributed by atoms with E-state index in [1.165, 1.54) is 10.9 Å². The van der Waals surface area contributed by atoms with Crippen LogP contribution in [-0.2, 0) is 17.6 Å². The van der Waals surface area contributed by atoms with Crippen LogP contribution < -0.4 is 10.6 Å². The van der Waals surface area contributed by atoms with Crippen molar-refractivity contribution in [2.75, 3.05) is 11.9 Å². The predicted molar refractivity (Wildman–Crippen MR) is 93.1 cm³/mol. The number of carbonyl (C=O) groups is 2. The smallest absolute Gasteiger partial charge is 0.251 e. The minimum Gasteiger partial charge on any atom is -0.361 e. The van der Waals surface area contributed by atoms with Crippen molar-refractivity contribution in [2.45, 2.75) is 12.8 Å². The van der Waals surface area contributed by atoms with E-state index in [-0.39, 0.29) is 11.8 Å². The molecule has 0 atom stereocenters. The summed E-state index contributed by atoms with van der Waals surface area (Å²) in [6.45, 7) is 0.564. The summed E-state index contributed by atoms with van der Waals surface area (Å²) in [4.78, 5) is 26.9. The van der Waals surface area contributed by atoms with Gasteiger partial charge in [0, 0.05) is 34.9 Å². The number of H-pyrrole nitrogens is 1. The monoisotopic (exact) mass is 319 g/mol. The SMILES string of the molecule is O=C1Cc2cc(C(=O)NCCc3c[nH]c4ccccc34)ccc2N1. The Kier molecular flexibility index (Phi) is 3.54. The first-order chi connectivity index (χ1) is 11.7. The lowest BCUT2D eigenvalue weighted by Gasteiger charge is -2.06. The standard InChI is InChI=1S/C19H17N3O2/c23-18-10-14-9-12(5-6-16(14)22-18)19(24)20-8-7-13-11-21-17-4-2-1-3-15(13)17/h1-6,9,11,21H,7-8,10H2,(H,20,24)(H,22,23). The molecular formula is C19H17N3O2. The van der Waals surface area contributed by atoms with Crippen molar-refractivity contribution in [3.05, 3.63) is 65.4 Å². The number of hydrogen-bond acceptors (Lipinski definition) is 2. The van der Waals surface area contributed by atoms with Gasteiger partial charge >= 0.3 is 0 Å². The molecule has 24 heavy (non-hydrogen) atoms. The van der Waals surface area contributed by atoms with E-state index in [1.54, 1.807) is 18.2 Å². The zero-order chi connectivity index (χ0) is 16.5. The molecule has 5 nitrogen and oxygen atoms in total. The van der Waals surface area contributed by atoms with Crippen LogP contribution >= 0.6 is 0 Å². The molecule has 0 bridgehead atoms. The summed E-state index contributed by atoms with van der Waals surface area (Å²) in [6, 6.07) is 13.4. The van der Waals surface area contributed by atoms with E-state index in [2.05, 4.69) is 21.7 Å². The van der Waals surface area contributed by atoms with Crippen LogP contribution in [0.15, 0.2) is 48.7 Å². The number of carbonyl (C=O) groups excluding carboxylic acids is 2. The van der Waals surface area contributed by atoms with Gasteiger partial charge in [0.25, 0.3) is 5.91 Å². The highest BCUT2D eigenvalue weighted by Crippen LogP contribution is 2.23. The number of para-hydroxylation sites is 1. The molecule has 1 aromatic heterocycles. The fourth-order valence-electron chi connectivity index (χ4n) is 3.12. The number of rotatable bonds is 4. The van der Waals surface area contributed by atoms with Gasteiger partial charge in [-0.2, -0.15) is 0 Å². The van der Waals surface area contributed by atoms with Crippen molar-refractivity contribution in [1.29, 1.82) is 0 Å². The van der Waals surface area contributed by atoms with Crippen molar-refractivity contribution < 1.29 is 9.59 Å². The molecule has 1 aliphatic rings. The Labute approximate surface area is 139 Å². The van der Waals surface area contributed by atoms with Crippen LogP contribution in [0.2, 0.25) is 0 Å². The van der Waals surface area contributed by atoms with Gasteiger partial charge in [0.2, 0.25) is 5.91 Å². The first kappa shape index (κ1) is 14.5. The summed E-state index contributed by atoms with van der Waals surface area (Å²) >= 11 is 0. The molecule has 0 radical (unpaired) electrons. The van der Waals surface area contributed by atoms with Crippen molar-refractivity contribution in [1.82, 2.24) is 10.3 Å². The molecule has 1 aliphatic heterocycles. The summed E-state index contributed by atoms with van der Waals surface area (Å²) in [5.41, 5.74) is 4.56. The summed E-state index contributed by atoms with van der Waals surface area (Å²) in [6.07, 6.45) is 3.09. The molecule has 0 unspecified atom stereocenters. The Morgan fingerprint density at radius 3 is 2.96 bits per heavy atom. The fraction of sp³-hybridized carbons (Fsp3) is 0.158. The highest BCUT2D eigenvalue weighted by atomic mass is 16.2. The molecule has 0 fully saturated rings. The summed E-state index contributed by atoms with van der Waals surface area (Å²) < 4.78 is 0. The number of aromatic nitrogens is 1. The van der Waals surface area contributed by atoms with Gasteiger partial charge in [0.05, 0.1) is 6.42 Å². The minimum atomic E-state index is -0.114. The minimum absolute atomic E-state index is 0.0260. The molecule has 4 rings (SSSR count). The molecular weight excluding hydrogens is 302 g/mol. The molecule has 0 aliphatic carbocycles. The highest BCUT2D eigenvalue weighted by molar-refractivity contribution is 6.01. The van der Waals surface area contributed by atoms with Crippen LogP contribution in [-0.4, -0.2) is 23.3 Å². The van der Waals surface area contributed by atoms with Crippen LogP contribution in [0.1, 0.15) is 21.5 Å². The van der Waals surface area contributed by atoms with Crippen molar-refractivity contribution >= 4 is 28.4 Å². The van der Waals surface area contributed by atoms with E-state index in [0.717, 1.165) is 23.2 Å². The Morgan fingerprint density at radius 1 is 1.17 bits per heavy atom. The van der Waals surface area contributed by atoms with Crippen molar-refractivity contribution in [2.24, 2.45) is 0 Å². The molecule has 120 valence electrons. The van der Waals surface area contributed by atoms with Gasteiger partial charge in [-0.1, -0.05) is 18.2 Å². The predicted octanol–water partition coefficient (Wildman–Crippen LogP) is 2.64. The van der Waals surface area contributed by atoms with Gasteiger partial charge in [-0.05, 0) is 41.8 Å². The second-order valence-corrected chi connectivity index (χ2v) is 5.96. The van der Waals surface area contributed by atoms with Gasteiger partial charge in [0.15, 0.2) is 0 Å². The number of nitrogens with one attached hydrogen (secondary N) is 3. The largest absolute Gasteiger partial charge is 0.361 e. The number of amides is 2. The molecule has 2 aromatic carbocycles. The second-order valence-electron chi connectivity index (χ2n) is 5.96. The average molecular weight is 319 g/mol. The van der Waals surface area contributed by atoms with E-state index >= 15 is 0 Å². The van der Waals surface area contributed by atoms with E-state index in [0.29, 0.717) is 18.5 Å². The van der Waals surface area contributed by atoms with Crippen molar-refractivity contribution in [3.8, 4) is 0 Å². The summed E-state index contributed by atoms with van der Waals surface area (Å²) in [5, 5.41) is 6.90. The lowest BCUT2D eigenvalue weighted by Crippen LogP contribution is -2.25. The zero-order valence-electron chi connectivity index (χ0n) is 13.1. The molecule has 2 heterocycles. The molecule has 5 heteroatoms. The third kappa shape index (κ3) is 2.65. The normalized spacial score (nSPS) is 12.9. The van der Waals surface area contributed by atoms with Gasteiger partial charge in [0.1, 0.15) is 0 Å². The van der Waals surface area contributed by atoms with E-state index in [4.69, 9.17) is 0 Å². The Morgan fingerprint density at radius 2 is 2.04 bits per heavy atom. The second kappa shape index (κ2) is 5.85. The molecule has 2 amide bonds. The lowest BCUT2D eigenvalue weighted by molar-refractivity contribution is -0.115. The average Bonchev–Trinajstić information content (AvgIpc) is 3.16. The highest BCUT2D eigenvalue weighted by Gasteiger charge is 2.19. The lowest BCUT2D eigenvalue weighted by atomic mass is 10.1. The number of anilines is 1. The Bertz CT molecular complexity index is 943. The van der Waals surface area contributed by atoms with Crippen LogP contribution in [0, 0.1) is 0 Å². The van der Waals surface area contributed by atoms with Crippen LogP contribution in [0.25, 0.3) is 10.9 Å². The van der Waals surface area contributed by atoms with E-state index < -0.39 is 0 Å². The maximum absolute atomic E-state index is 12.3. The maximum atomic E-state index is 12.3. The quantitative estimate of drug-likeness (QED) is 0.691. The number of fused-ring (bicyclic) bond motifs is 2. The van der Waals surface area contributed by atoms with Gasteiger partial charge < -0.3 is 15.6 Å². The van der Waals surface area contributed by atoms with Crippen LogP contribution in [0.4, 0.5) is 5.69 Å². The van der Waals surface area contributed by atoms with E-state index in [1.807, 2.05) is 24.4 Å². The molecule has 0 saturated carbocycles. The maximum Gasteiger partial charge on any atom is 0.251 e. The van der Waals surface area contributed by atoms with Gasteiger partial charge in [-0.3, -0.25) is 9.59 Å². The van der Waals surface area contributed by atoms with Gasteiger partial charge in [-0.25, -0.2) is 0 Å². The van der Waals surface area contributed by atoms with E-state index in [9.17, 15) is 9.59 Å². The molecule has 3 N–H and O–H groups in total. The third-order valence-electron chi connectivity index (χ3n) is 4.35. The first-order valence-corrected chi connectivity index (χ1v) is 7.97. The molecule has 0 saturated heterocycles. The summed E-state index contributed by atoms with van der Waals surface area (Å²) in [7, 11) is 0. The zero-order valence-corrected chi connectivity index (χ0v) is 13.1. The number of aromatic amines is 1. The Balaban J connectivity index is 1.40. The molecule has 0 spiro atoms. The van der Waals surface area contributed by atoms with Crippen molar-refractivity contribution in [3.63, 3.8) is 0 Å². The molecule has 3 aromatic rings. The number of hydrogen-bond donors (Lipinski definition) is 3. The third-order valence-corrected chi connectivity index (χ3v) is 4.35. The van der Waals surface area contributed by atoms with Gasteiger partial charge in [-0.15, -0.1) is 0 Å². The Hall–Kier alpha value is -3.08. The van der Waals surface area contributed by atoms with Crippen LogP contribution in [0.5, 0.6) is 0 Å². The topological polar surface area (TPSA) is 74.0 Å². The van der Waals surface area contributed by atoms with Crippen LogP contribution in [0.3, 0.4) is 0 Å². The first-order valence-electron chi connectivity index (χ1n) is 7.97.